The van der Waals surface area contributed by atoms with Crippen LogP contribution in [0.2, 0.25) is 0 Å². The summed E-state index contributed by atoms with van der Waals surface area (Å²) < 4.78 is 5.43. The van der Waals surface area contributed by atoms with E-state index in [1.54, 1.807) is 11.8 Å². The summed E-state index contributed by atoms with van der Waals surface area (Å²) in [6.07, 6.45) is 7.44. The maximum atomic E-state index is 12.9. The first kappa shape index (κ1) is 26.9. The van der Waals surface area contributed by atoms with Crippen LogP contribution >= 0.6 is 11.8 Å². The molecular formula is C26H44O3S. The van der Waals surface area contributed by atoms with Crippen molar-refractivity contribution in [2.75, 3.05) is 12.4 Å². The van der Waals surface area contributed by atoms with Gasteiger partial charge in [-0.15, -0.1) is 11.8 Å². The molecule has 0 saturated carbocycles. The number of carbonyl (C=O) groups is 1. The van der Waals surface area contributed by atoms with Crippen molar-refractivity contribution in [3.8, 4) is 5.75 Å². The molecule has 172 valence electrons. The van der Waals surface area contributed by atoms with E-state index in [9.17, 15) is 9.90 Å². The van der Waals surface area contributed by atoms with E-state index in [4.69, 9.17) is 4.74 Å². The molecule has 1 aromatic carbocycles. The minimum absolute atomic E-state index is 0.182. The average molecular weight is 437 g/mol. The highest BCUT2D eigenvalue weighted by molar-refractivity contribution is 8.00. The van der Waals surface area contributed by atoms with Crippen LogP contribution in [0.3, 0.4) is 0 Å². The maximum absolute atomic E-state index is 12.9. The molecule has 0 fully saturated rings. The second kappa shape index (κ2) is 12.0. The Bertz CT molecular complexity index is 633. The van der Waals surface area contributed by atoms with Crippen LogP contribution in [0.5, 0.6) is 5.75 Å². The summed E-state index contributed by atoms with van der Waals surface area (Å²) in [5.74, 6) is 1.10. The van der Waals surface area contributed by atoms with Gasteiger partial charge in [0, 0.05) is 0 Å². The lowest BCUT2D eigenvalue weighted by Crippen LogP contribution is -2.20. The molecule has 0 aliphatic rings. The van der Waals surface area contributed by atoms with Crippen LogP contribution in [0, 0.1) is 0 Å². The van der Waals surface area contributed by atoms with Gasteiger partial charge >= 0.3 is 5.97 Å². The quantitative estimate of drug-likeness (QED) is 0.285. The smallest absolute Gasteiger partial charge is 0.323 e. The molecule has 0 spiro atoms. The summed E-state index contributed by atoms with van der Waals surface area (Å²) in [7, 11) is 0. The first-order chi connectivity index (χ1) is 13.9. The number of aromatic hydroxyl groups is 1. The number of hydrogen-bond acceptors (Lipinski definition) is 4. The van der Waals surface area contributed by atoms with Gasteiger partial charge in [-0.1, -0.05) is 80.6 Å². The number of phenols is 1. The van der Waals surface area contributed by atoms with E-state index in [0.29, 0.717) is 12.4 Å². The zero-order valence-corrected chi connectivity index (χ0v) is 21.4. The van der Waals surface area contributed by atoms with Gasteiger partial charge in [0.05, 0.1) is 6.61 Å². The van der Waals surface area contributed by atoms with Crippen LogP contribution in [-0.2, 0) is 20.4 Å². The van der Waals surface area contributed by atoms with Crippen LogP contribution < -0.4 is 0 Å². The Kier molecular flexibility index (Phi) is 10.8. The summed E-state index contributed by atoms with van der Waals surface area (Å²) in [5, 5.41) is 10.6. The second-order valence-electron chi connectivity index (χ2n) is 10.2. The molecular weight excluding hydrogens is 392 g/mol. The van der Waals surface area contributed by atoms with Gasteiger partial charge in [0.15, 0.2) is 0 Å². The molecule has 0 bridgehead atoms. The largest absolute Gasteiger partial charge is 0.507 e. The Morgan fingerprint density at radius 1 is 0.933 bits per heavy atom. The van der Waals surface area contributed by atoms with Crippen LogP contribution in [0.15, 0.2) is 12.1 Å². The van der Waals surface area contributed by atoms with E-state index in [1.165, 1.54) is 32.1 Å². The van der Waals surface area contributed by atoms with Gasteiger partial charge < -0.3 is 9.84 Å². The number of rotatable bonds is 11. The SMILES string of the molecule is CCCCCCCCSC(C(=O)OCC)c1cc(C(C)(C)C)c(O)c(C(C)(C)C)c1. The number of thioether (sulfide) groups is 1. The lowest BCUT2D eigenvalue weighted by Gasteiger charge is -2.29. The average Bonchev–Trinajstić information content (AvgIpc) is 2.63. The predicted octanol–water partition coefficient (Wildman–Crippen LogP) is 7.69. The highest BCUT2D eigenvalue weighted by Crippen LogP contribution is 2.43. The Hall–Kier alpha value is -1.16. The Morgan fingerprint density at radius 2 is 1.43 bits per heavy atom. The molecule has 30 heavy (non-hydrogen) atoms. The Morgan fingerprint density at radius 3 is 1.90 bits per heavy atom. The number of phenolic OH excluding ortho intramolecular Hbond substituents is 1. The van der Waals surface area contributed by atoms with Crippen molar-refractivity contribution in [1.29, 1.82) is 0 Å². The fourth-order valence-electron chi connectivity index (χ4n) is 3.55. The Labute approximate surface area is 189 Å². The Balaban J connectivity index is 3.18. The van der Waals surface area contributed by atoms with Gasteiger partial charge in [0.2, 0.25) is 0 Å². The van der Waals surface area contributed by atoms with E-state index in [2.05, 4.69) is 48.5 Å². The molecule has 3 nitrogen and oxygen atoms in total. The zero-order valence-electron chi connectivity index (χ0n) is 20.6. The third-order valence-corrected chi connectivity index (χ3v) is 6.66. The van der Waals surface area contributed by atoms with Gasteiger partial charge in [-0.05, 0) is 58.8 Å². The molecule has 1 N–H and O–H groups in total. The zero-order chi connectivity index (χ0) is 22.9. The molecule has 4 heteroatoms. The van der Waals surface area contributed by atoms with Gasteiger partial charge in [0.1, 0.15) is 11.0 Å². The third-order valence-electron chi connectivity index (χ3n) is 5.33. The molecule has 1 rings (SSSR count). The van der Waals surface area contributed by atoms with Gasteiger partial charge in [0.25, 0.3) is 0 Å². The minimum Gasteiger partial charge on any atom is -0.507 e. The highest BCUT2D eigenvalue weighted by atomic mass is 32.2. The van der Waals surface area contributed by atoms with E-state index in [-0.39, 0.29) is 22.0 Å². The molecule has 0 saturated heterocycles. The van der Waals surface area contributed by atoms with Gasteiger partial charge in [-0.25, -0.2) is 0 Å². The number of unbranched alkanes of at least 4 members (excludes halogenated alkanes) is 5. The third kappa shape index (κ3) is 8.17. The van der Waals surface area contributed by atoms with E-state index in [1.807, 2.05) is 19.1 Å². The summed E-state index contributed by atoms with van der Waals surface area (Å²) >= 11 is 1.67. The number of benzene rings is 1. The summed E-state index contributed by atoms with van der Waals surface area (Å²) in [4.78, 5) is 12.9. The molecule has 1 atom stereocenters. The number of ether oxygens (including phenoxy) is 1. The summed E-state index contributed by atoms with van der Waals surface area (Å²) in [6, 6.07) is 4.03. The molecule has 0 radical (unpaired) electrons. The van der Waals surface area contributed by atoms with Crippen LogP contribution in [0.25, 0.3) is 0 Å². The number of carbonyl (C=O) groups excluding carboxylic acids is 1. The maximum Gasteiger partial charge on any atom is 0.323 e. The fourth-order valence-corrected chi connectivity index (χ4v) is 4.69. The first-order valence-corrected chi connectivity index (χ1v) is 12.6. The fraction of sp³-hybridized carbons (Fsp3) is 0.731. The lowest BCUT2D eigenvalue weighted by atomic mass is 9.78. The first-order valence-electron chi connectivity index (χ1n) is 11.6. The number of hydrogen-bond donors (Lipinski definition) is 1. The monoisotopic (exact) mass is 436 g/mol. The van der Waals surface area contributed by atoms with Crippen LogP contribution in [0.4, 0.5) is 0 Å². The standard InChI is InChI=1S/C26H44O3S/c1-9-11-12-13-14-15-16-30-23(24(28)29-10-2)19-17-20(25(3,4)5)22(27)21(18-19)26(6,7)8/h17-18,23,27H,9-16H2,1-8H3. The molecule has 0 aliphatic heterocycles. The predicted molar refractivity (Wildman–Crippen MR) is 131 cm³/mol. The van der Waals surface area contributed by atoms with E-state index >= 15 is 0 Å². The molecule has 0 amide bonds. The number of esters is 1. The molecule has 0 aliphatic carbocycles. The van der Waals surface area contributed by atoms with Crippen LogP contribution in [-0.4, -0.2) is 23.4 Å². The topological polar surface area (TPSA) is 46.5 Å². The van der Waals surface area contributed by atoms with Crippen molar-refractivity contribution in [3.63, 3.8) is 0 Å². The minimum atomic E-state index is -0.358. The van der Waals surface area contributed by atoms with Crippen LogP contribution in [0.1, 0.15) is 116 Å². The van der Waals surface area contributed by atoms with Crippen molar-refractivity contribution in [2.45, 2.75) is 110 Å². The van der Waals surface area contributed by atoms with E-state index < -0.39 is 0 Å². The van der Waals surface area contributed by atoms with Crippen molar-refractivity contribution < 1.29 is 14.6 Å². The van der Waals surface area contributed by atoms with Crippen molar-refractivity contribution >= 4 is 17.7 Å². The van der Waals surface area contributed by atoms with Gasteiger partial charge in [-0.2, -0.15) is 0 Å². The summed E-state index contributed by atoms with van der Waals surface area (Å²) in [5.41, 5.74) is 2.28. The lowest BCUT2D eigenvalue weighted by molar-refractivity contribution is -0.142. The molecule has 1 unspecified atom stereocenters. The van der Waals surface area contributed by atoms with E-state index in [0.717, 1.165) is 28.9 Å². The molecule has 0 heterocycles. The normalized spacial score (nSPS) is 13.3. The van der Waals surface area contributed by atoms with Crippen molar-refractivity contribution in [1.82, 2.24) is 0 Å². The molecule has 1 aromatic rings. The second-order valence-corrected chi connectivity index (χ2v) is 11.4. The molecule has 0 aromatic heterocycles. The summed E-state index contributed by atoms with van der Waals surface area (Å²) in [6.45, 7) is 17.1. The van der Waals surface area contributed by atoms with Crippen molar-refractivity contribution in [3.05, 3.63) is 28.8 Å². The highest BCUT2D eigenvalue weighted by Gasteiger charge is 2.30. The van der Waals surface area contributed by atoms with Gasteiger partial charge in [-0.3, -0.25) is 4.79 Å². The van der Waals surface area contributed by atoms with Crippen molar-refractivity contribution in [2.24, 2.45) is 0 Å².